The molecular formula is C16H12O2. The van der Waals surface area contributed by atoms with E-state index in [0.717, 1.165) is 16.7 Å². The molecule has 0 bridgehead atoms. The minimum absolute atomic E-state index is 0.0630. The zero-order valence-corrected chi connectivity index (χ0v) is 9.76. The number of benzene rings is 2. The quantitative estimate of drug-likeness (QED) is 0.772. The van der Waals surface area contributed by atoms with Crippen molar-refractivity contribution in [2.45, 2.75) is 6.42 Å². The number of carbonyl (C=O) groups is 1. The van der Waals surface area contributed by atoms with E-state index in [9.17, 15) is 9.90 Å². The lowest BCUT2D eigenvalue weighted by molar-refractivity contribution is 0.103. The molecule has 2 nitrogen and oxygen atoms in total. The number of fused-ring (bicyclic) bond motifs is 1. The molecule has 0 heterocycles. The molecule has 0 atom stereocenters. The maximum Gasteiger partial charge on any atom is 0.193 e. The predicted molar refractivity (Wildman–Crippen MR) is 70.6 cm³/mol. The number of phenols is 1. The summed E-state index contributed by atoms with van der Waals surface area (Å²) >= 11 is 0. The van der Waals surface area contributed by atoms with Crippen LogP contribution in [0.2, 0.25) is 0 Å². The van der Waals surface area contributed by atoms with Crippen LogP contribution in [-0.4, -0.2) is 10.9 Å². The van der Waals surface area contributed by atoms with Gasteiger partial charge in [0.15, 0.2) is 5.78 Å². The number of aromatic hydroxyl groups is 1. The third-order valence-corrected chi connectivity index (χ3v) is 3.17. The van der Waals surface area contributed by atoms with Crippen LogP contribution in [0.5, 0.6) is 5.75 Å². The molecule has 0 fully saturated rings. The summed E-state index contributed by atoms with van der Waals surface area (Å²) in [6, 6.07) is 15.0. The second-order valence-corrected chi connectivity index (χ2v) is 4.40. The molecule has 0 aliphatic heterocycles. The summed E-state index contributed by atoms with van der Waals surface area (Å²) in [5.41, 5.74) is 3.10. The monoisotopic (exact) mass is 236 g/mol. The number of carbonyl (C=O) groups excluding carboxylic acids is 1. The van der Waals surface area contributed by atoms with Gasteiger partial charge in [-0.25, -0.2) is 0 Å². The van der Waals surface area contributed by atoms with Gasteiger partial charge in [-0.1, -0.05) is 42.5 Å². The standard InChI is InChI=1S/C16H12O2/c17-14-8-4-7-12-10-13(16(18)15(12)14)9-11-5-2-1-3-6-11/h1-9,17H,10H2/b13-9+. The van der Waals surface area contributed by atoms with Crippen LogP contribution in [-0.2, 0) is 6.42 Å². The van der Waals surface area contributed by atoms with Crippen LogP contribution >= 0.6 is 0 Å². The van der Waals surface area contributed by atoms with Crippen molar-refractivity contribution < 1.29 is 9.90 Å². The van der Waals surface area contributed by atoms with E-state index < -0.39 is 0 Å². The van der Waals surface area contributed by atoms with Crippen molar-refractivity contribution in [1.29, 1.82) is 0 Å². The van der Waals surface area contributed by atoms with E-state index in [1.54, 1.807) is 12.1 Å². The van der Waals surface area contributed by atoms with Gasteiger partial charge in [0.25, 0.3) is 0 Å². The maximum atomic E-state index is 12.2. The molecule has 2 heteroatoms. The van der Waals surface area contributed by atoms with Gasteiger partial charge < -0.3 is 5.11 Å². The highest BCUT2D eigenvalue weighted by atomic mass is 16.3. The molecule has 1 N–H and O–H groups in total. The first-order valence-electron chi connectivity index (χ1n) is 5.87. The van der Waals surface area contributed by atoms with Gasteiger partial charge >= 0.3 is 0 Å². The topological polar surface area (TPSA) is 37.3 Å². The van der Waals surface area contributed by atoms with Gasteiger partial charge in [-0.2, -0.15) is 0 Å². The van der Waals surface area contributed by atoms with Gasteiger partial charge in [0.2, 0.25) is 0 Å². The number of phenolic OH excluding ortho intramolecular Hbond substituents is 1. The summed E-state index contributed by atoms with van der Waals surface area (Å²) in [4.78, 5) is 12.2. The Morgan fingerprint density at radius 1 is 1.00 bits per heavy atom. The highest BCUT2D eigenvalue weighted by Gasteiger charge is 2.27. The van der Waals surface area contributed by atoms with Crippen LogP contribution in [0.4, 0.5) is 0 Å². The lowest BCUT2D eigenvalue weighted by atomic mass is 10.1. The van der Waals surface area contributed by atoms with Crippen LogP contribution < -0.4 is 0 Å². The number of ketones is 1. The molecule has 0 saturated carbocycles. The highest BCUT2D eigenvalue weighted by Crippen LogP contribution is 2.33. The normalized spacial score (nSPS) is 16.0. The zero-order valence-electron chi connectivity index (χ0n) is 9.76. The molecule has 0 amide bonds. The molecule has 1 aliphatic rings. The molecule has 0 aromatic heterocycles. The summed E-state index contributed by atoms with van der Waals surface area (Å²) in [5, 5.41) is 9.74. The van der Waals surface area contributed by atoms with Crippen molar-refractivity contribution in [3.63, 3.8) is 0 Å². The fourth-order valence-electron chi connectivity index (χ4n) is 2.31. The van der Waals surface area contributed by atoms with E-state index in [4.69, 9.17) is 0 Å². The molecule has 2 aromatic carbocycles. The lowest BCUT2D eigenvalue weighted by Crippen LogP contribution is -1.95. The van der Waals surface area contributed by atoms with Crippen molar-refractivity contribution in [3.05, 3.63) is 70.8 Å². The molecule has 1 aliphatic carbocycles. The fourth-order valence-corrected chi connectivity index (χ4v) is 2.31. The average Bonchev–Trinajstić information content (AvgIpc) is 2.69. The van der Waals surface area contributed by atoms with Gasteiger partial charge in [0.1, 0.15) is 5.75 Å². The highest BCUT2D eigenvalue weighted by molar-refractivity contribution is 6.17. The molecule has 0 radical (unpaired) electrons. The van der Waals surface area contributed by atoms with Gasteiger partial charge in [0.05, 0.1) is 5.56 Å². The predicted octanol–water partition coefficient (Wildman–Crippen LogP) is 3.21. The first-order valence-corrected chi connectivity index (χ1v) is 5.87. The number of rotatable bonds is 1. The Bertz CT molecular complexity index is 639. The third kappa shape index (κ3) is 1.72. The van der Waals surface area contributed by atoms with Crippen LogP contribution in [0.15, 0.2) is 54.1 Å². The first-order chi connectivity index (χ1) is 8.75. The Balaban J connectivity index is 2.03. The van der Waals surface area contributed by atoms with Crippen LogP contribution in [0.25, 0.3) is 6.08 Å². The maximum absolute atomic E-state index is 12.2. The fraction of sp³-hybridized carbons (Fsp3) is 0.0625. The van der Waals surface area contributed by atoms with Crippen molar-refractivity contribution in [2.24, 2.45) is 0 Å². The van der Waals surface area contributed by atoms with Crippen molar-refractivity contribution >= 4 is 11.9 Å². The molecule has 0 saturated heterocycles. The van der Waals surface area contributed by atoms with Gasteiger partial charge in [0, 0.05) is 12.0 Å². The van der Waals surface area contributed by atoms with E-state index in [0.29, 0.717) is 12.0 Å². The lowest BCUT2D eigenvalue weighted by Gasteiger charge is -1.98. The number of allylic oxidation sites excluding steroid dienone is 1. The van der Waals surface area contributed by atoms with E-state index in [-0.39, 0.29) is 11.5 Å². The second-order valence-electron chi connectivity index (χ2n) is 4.40. The zero-order chi connectivity index (χ0) is 12.5. The number of hydrogen-bond acceptors (Lipinski definition) is 2. The van der Waals surface area contributed by atoms with Crippen LogP contribution in [0, 0.1) is 0 Å². The molecule has 2 aromatic rings. The van der Waals surface area contributed by atoms with Gasteiger partial charge in [-0.15, -0.1) is 0 Å². The van der Waals surface area contributed by atoms with Gasteiger partial charge in [-0.3, -0.25) is 4.79 Å². The summed E-state index contributed by atoms with van der Waals surface area (Å²) in [7, 11) is 0. The van der Waals surface area contributed by atoms with E-state index in [2.05, 4.69) is 0 Å². The molecule has 0 spiro atoms. The van der Waals surface area contributed by atoms with E-state index >= 15 is 0 Å². The van der Waals surface area contributed by atoms with Crippen molar-refractivity contribution in [1.82, 2.24) is 0 Å². The molecule has 88 valence electrons. The first kappa shape index (κ1) is 10.8. The Hall–Kier alpha value is -2.35. The Morgan fingerprint density at radius 3 is 2.50 bits per heavy atom. The Kier molecular flexibility index (Phi) is 2.49. The smallest absolute Gasteiger partial charge is 0.193 e. The van der Waals surface area contributed by atoms with Gasteiger partial charge in [-0.05, 0) is 23.3 Å². The molecular weight excluding hydrogens is 224 g/mol. The summed E-state index contributed by atoms with van der Waals surface area (Å²) in [6.45, 7) is 0. The number of Topliss-reactive ketones (excluding diaryl/α,β-unsaturated/α-hetero) is 1. The minimum atomic E-state index is -0.0630. The third-order valence-electron chi connectivity index (χ3n) is 3.17. The molecule has 3 rings (SSSR count). The molecule has 0 unspecified atom stereocenters. The molecule has 18 heavy (non-hydrogen) atoms. The largest absolute Gasteiger partial charge is 0.507 e. The summed E-state index contributed by atoms with van der Waals surface area (Å²) < 4.78 is 0. The second kappa shape index (κ2) is 4.15. The summed E-state index contributed by atoms with van der Waals surface area (Å²) in [6.07, 6.45) is 2.49. The number of hydrogen-bond donors (Lipinski definition) is 1. The summed E-state index contributed by atoms with van der Waals surface area (Å²) in [5.74, 6) is 0.0147. The average molecular weight is 236 g/mol. The van der Waals surface area contributed by atoms with E-state index in [1.807, 2.05) is 42.5 Å². The Morgan fingerprint density at radius 2 is 1.78 bits per heavy atom. The van der Waals surface area contributed by atoms with Crippen molar-refractivity contribution in [3.8, 4) is 5.75 Å². The SMILES string of the molecule is O=C1/C(=C/c2ccccc2)Cc2cccc(O)c21. The minimum Gasteiger partial charge on any atom is -0.507 e. The van der Waals surface area contributed by atoms with E-state index in [1.165, 1.54) is 0 Å². The Labute approximate surface area is 105 Å². The van der Waals surface area contributed by atoms with Crippen LogP contribution in [0.1, 0.15) is 21.5 Å². The van der Waals surface area contributed by atoms with Crippen LogP contribution in [0.3, 0.4) is 0 Å². The van der Waals surface area contributed by atoms with Crippen molar-refractivity contribution in [2.75, 3.05) is 0 Å².